The third-order valence-corrected chi connectivity index (χ3v) is 9.67. The second-order valence-corrected chi connectivity index (χ2v) is 16.4. The maximum Gasteiger partial charge on any atom is 0.472 e. The van der Waals surface area contributed by atoms with Crippen LogP contribution in [0.1, 0.15) is 155 Å². The van der Waals surface area contributed by atoms with Crippen LogP contribution >= 0.6 is 7.82 Å². The lowest BCUT2D eigenvalue weighted by atomic mass is 10.1. The first kappa shape index (κ1) is 50.2. The molecule has 0 bridgehead atoms. The van der Waals surface area contributed by atoms with Gasteiger partial charge < -0.3 is 19.8 Å². The molecule has 302 valence electrons. The Kier molecular flexibility index (Phi) is 33.7. The van der Waals surface area contributed by atoms with Gasteiger partial charge in [0.2, 0.25) is 5.91 Å². The van der Waals surface area contributed by atoms with Crippen molar-refractivity contribution in [1.29, 1.82) is 0 Å². The molecular weight excluding hydrogens is 671 g/mol. The number of rotatable bonds is 36. The van der Waals surface area contributed by atoms with Gasteiger partial charge in [0.15, 0.2) is 0 Å². The van der Waals surface area contributed by atoms with E-state index < -0.39 is 20.0 Å². The molecule has 52 heavy (non-hydrogen) atoms. The van der Waals surface area contributed by atoms with Gasteiger partial charge in [-0.15, -0.1) is 0 Å². The summed E-state index contributed by atoms with van der Waals surface area (Å²) in [4.78, 5) is 23.0. The van der Waals surface area contributed by atoms with E-state index in [1.54, 1.807) is 6.08 Å². The van der Waals surface area contributed by atoms with E-state index in [9.17, 15) is 19.4 Å². The van der Waals surface area contributed by atoms with E-state index >= 15 is 0 Å². The Labute approximate surface area is 320 Å². The Balaban J connectivity index is 4.52. The minimum atomic E-state index is -4.35. The molecule has 0 aliphatic carbocycles. The number of hydrogen-bond acceptors (Lipinski definition) is 5. The largest absolute Gasteiger partial charge is 0.472 e. The molecule has 0 saturated carbocycles. The van der Waals surface area contributed by atoms with Crippen molar-refractivity contribution in [3.05, 3.63) is 60.8 Å². The molecule has 0 aromatic rings. The molecule has 0 fully saturated rings. The van der Waals surface area contributed by atoms with Crippen LogP contribution in [0.3, 0.4) is 0 Å². The van der Waals surface area contributed by atoms with Crippen molar-refractivity contribution < 1.29 is 32.9 Å². The number of aliphatic hydroxyl groups is 1. The van der Waals surface area contributed by atoms with E-state index in [4.69, 9.17) is 9.05 Å². The third-order valence-electron chi connectivity index (χ3n) is 8.69. The van der Waals surface area contributed by atoms with Crippen molar-refractivity contribution in [3.63, 3.8) is 0 Å². The molecule has 0 aromatic carbocycles. The van der Waals surface area contributed by atoms with Gasteiger partial charge in [0.25, 0.3) is 0 Å². The van der Waals surface area contributed by atoms with E-state index in [1.165, 1.54) is 64.2 Å². The number of hydrogen-bond donors (Lipinski definition) is 3. The first-order chi connectivity index (χ1) is 25.0. The molecule has 1 amide bonds. The monoisotopic (exact) mass is 752 g/mol. The van der Waals surface area contributed by atoms with Gasteiger partial charge in [-0.25, -0.2) is 4.57 Å². The molecule has 0 aromatic heterocycles. The van der Waals surface area contributed by atoms with Crippen LogP contribution in [0.5, 0.6) is 0 Å². The fourth-order valence-corrected chi connectivity index (χ4v) is 6.06. The van der Waals surface area contributed by atoms with E-state index in [1.807, 2.05) is 27.2 Å². The number of likely N-dealkylation sites (N-methyl/N-ethyl adjacent to an activating group) is 1. The van der Waals surface area contributed by atoms with Crippen molar-refractivity contribution >= 4 is 13.7 Å². The highest BCUT2D eigenvalue weighted by atomic mass is 31.2. The van der Waals surface area contributed by atoms with E-state index in [0.29, 0.717) is 17.4 Å². The molecule has 0 aliphatic rings. The number of nitrogens with zero attached hydrogens (tertiary/aromatic N) is 1. The van der Waals surface area contributed by atoms with Gasteiger partial charge >= 0.3 is 7.82 Å². The lowest BCUT2D eigenvalue weighted by Crippen LogP contribution is -2.45. The summed E-state index contributed by atoms with van der Waals surface area (Å²) in [6, 6.07) is -0.873. The summed E-state index contributed by atoms with van der Waals surface area (Å²) < 4.78 is 23.4. The molecule has 0 aliphatic heterocycles. The number of unbranched alkanes of at least 4 members (excludes halogenated alkanes) is 15. The Morgan fingerprint density at radius 1 is 0.654 bits per heavy atom. The van der Waals surface area contributed by atoms with Crippen LogP contribution in [0.4, 0.5) is 0 Å². The highest BCUT2D eigenvalue weighted by molar-refractivity contribution is 7.47. The number of aliphatic hydroxyl groups excluding tert-OH is 1. The summed E-state index contributed by atoms with van der Waals surface area (Å²) in [6.07, 6.45) is 44.3. The molecule has 3 N–H and O–H groups in total. The molecule has 8 nitrogen and oxygen atoms in total. The summed E-state index contributed by atoms with van der Waals surface area (Å²) in [7, 11) is 1.53. The maximum atomic E-state index is 12.8. The summed E-state index contributed by atoms with van der Waals surface area (Å²) in [5, 5.41) is 13.7. The highest BCUT2D eigenvalue weighted by Crippen LogP contribution is 2.43. The summed E-state index contributed by atoms with van der Waals surface area (Å²) in [6.45, 7) is 4.68. The number of carbonyl (C=O) groups excluding carboxylic acids is 1. The smallest absolute Gasteiger partial charge is 0.387 e. The average molecular weight is 752 g/mol. The van der Waals surface area contributed by atoms with Crippen LogP contribution in [0, 0.1) is 0 Å². The highest BCUT2D eigenvalue weighted by Gasteiger charge is 2.27. The lowest BCUT2D eigenvalue weighted by molar-refractivity contribution is -0.870. The molecule has 0 radical (unpaired) electrons. The van der Waals surface area contributed by atoms with Crippen LogP contribution in [-0.2, 0) is 18.4 Å². The van der Waals surface area contributed by atoms with Crippen molar-refractivity contribution in [2.75, 3.05) is 40.9 Å². The number of allylic oxidation sites excluding steroid dienone is 9. The fraction of sp³-hybridized carbons (Fsp3) is 0.744. The van der Waals surface area contributed by atoms with Crippen LogP contribution < -0.4 is 5.32 Å². The summed E-state index contributed by atoms with van der Waals surface area (Å²) in [5.41, 5.74) is 0. The zero-order valence-electron chi connectivity index (χ0n) is 34.0. The van der Waals surface area contributed by atoms with Crippen LogP contribution in [0.25, 0.3) is 0 Å². The van der Waals surface area contributed by atoms with Crippen LogP contribution in [0.2, 0.25) is 0 Å². The Morgan fingerprint density at radius 2 is 1.13 bits per heavy atom. The number of phosphoric ester groups is 1. The van der Waals surface area contributed by atoms with Crippen molar-refractivity contribution in [2.45, 2.75) is 167 Å². The standard InChI is InChI=1S/C43H79N2O6P/c1-6-8-10-12-14-16-18-20-21-22-23-24-25-27-29-31-33-35-37-43(47)44-41(40-51-52(48,49)50-39-38-45(3,4)5)42(46)36-34-32-30-28-26-19-17-15-13-11-9-7-2/h13,15-16,18,21-22,26,28,34,36,41-42,46H,6-12,14,17,19-20,23-25,27,29-33,35,37-40H2,1-5H3,(H-,44,47,48,49)/p+1/b15-13+,18-16-,22-21-,28-26+,36-34+. The number of quaternary nitrogens is 1. The zero-order chi connectivity index (χ0) is 38.6. The van der Waals surface area contributed by atoms with Gasteiger partial charge in [0.1, 0.15) is 13.2 Å². The SMILES string of the molecule is CCCC/C=C/CC/C=C/CC/C=C/C(O)C(COP(=O)(O)OCC[N+](C)(C)C)NC(=O)CCCCCCCCC/C=C\C/C=C\CCCCCC. The number of carbonyl (C=O) groups is 1. The quantitative estimate of drug-likeness (QED) is 0.0255. The molecule has 0 saturated heterocycles. The Hall–Kier alpha value is -1.80. The number of nitrogens with one attached hydrogen (secondary N) is 1. The molecule has 0 rings (SSSR count). The predicted molar refractivity (Wildman–Crippen MR) is 221 cm³/mol. The second-order valence-electron chi connectivity index (χ2n) is 15.0. The minimum Gasteiger partial charge on any atom is -0.387 e. The third kappa shape index (κ3) is 36.6. The van der Waals surface area contributed by atoms with Crippen LogP contribution in [-0.4, -0.2) is 73.4 Å². The van der Waals surface area contributed by atoms with Gasteiger partial charge in [0.05, 0.1) is 39.9 Å². The fourth-order valence-electron chi connectivity index (χ4n) is 5.32. The first-order valence-electron chi connectivity index (χ1n) is 20.7. The van der Waals surface area contributed by atoms with Crippen molar-refractivity contribution in [3.8, 4) is 0 Å². The maximum absolute atomic E-state index is 12.8. The Bertz CT molecular complexity index is 1030. The van der Waals surface area contributed by atoms with Gasteiger partial charge in [-0.05, 0) is 70.6 Å². The topological polar surface area (TPSA) is 105 Å². The molecule has 9 heteroatoms. The average Bonchev–Trinajstić information content (AvgIpc) is 3.09. The van der Waals surface area contributed by atoms with Crippen LogP contribution in [0.15, 0.2) is 60.8 Å². The van der Waals surface area contributed by atoms with Gasteiger partial charge in [-0.3, -0.25) is 13.8 Å². The molecule has 3 unspecified atom stereocenters. The van der Waals surface area contributed by atoms with E-state index in [-0.39, 0.29) is 19.1 Å². The minimum absolute atomic E-state index is 0.0492. The Morgan fingerprint density at radius 3 is 1.71 bits per heavy atom. The second kappa shape index (κ2) is 34.9. The predicted octanol–water partition coefficient (Wildman–Crippen LogP) is 11.1. The lowest BCUT2D eigenvalue weighted by Gasteiger charge is -2.25. The summed E-state index contributed by atoms with van der Waals surface area (Å²) in [5.74, 6) is -0.204. The first-order valence-corrected chi connectivity index (χ1v) is 22.2. The molecule has 0 spiro atoms. The van der Waals surface area contributed by atoms with Crippen molar-refractivity contribution in [2.24, 2.45) is 0 Å². The van der Waals surface area contributed by atoms with Crippen molar-refractivity contribution in [1.82, 2.24) is 5.32 Å². The van der Waals surface area contributed by atoms with E-state index in [2.05, 4.69) is 67.8 Å². The number of amides is 1. The van der Waals surface area contributed by atoms with Gasteiger partial charge in [0, 0.05) is 6.42 Å². The van der Waals surface area contributed by atoms with Gasteiger partial charge in [-0.1, -0.05) is 139 Å². The molecule has 0 heterocycles. The number of phosphoric acid groups is 1. The zero-order valence-corrected chi connectivity index (χ0v) is 34.9. The normalized spacial score (nSPS) is 15.1. The summed E-state index contributed by atoms with van der Waals surface area (Å²) >= 11 is 0. The molecule has 3 atom stereocenters. The molecular formula is C43H80N2O6P+. The van der Waals surface area contributed by atoms with Gasteiger partial charge in [-0.2, -0.15) is 0 Å². The van der Waals surface area contributed by atoms with E-state index in [0.717, 1.165) is 70.6 Å².